The first-order chi connectivity index (χ1) is 40.9. The van der Waals surface area contributed by atoms with Gasteiger partial charge in [0.1, 0.15) is 34.9 Å². The van der Waals surface area contributed by atoms with Crippen LogP contribution >= 0.6 is 0 Å². The van der Waals surface area contributed by atoms with Gasteiger partial charge in [-0.2, -0.15) is 0 Å². The van der Waals surface area contributed by atoms with Crippen LogP contribution in [0.15, 0.2) is 146 Å². The number of aliphatic hydroxyl groups is 4. The van der Waals surface area contributed by atoms with E-state index in [-0.39, 0.29) is 111 Å². The van der Waals surface area contributed by atoms with Gasteiger partial charge in [0.15, 0.2) is 0 Å². The van der Waals surface area contributed by atoms with Crippen molar-refractivity contribution in [3.63, 3.8) is 0 Å². The third kappa shape index (κ3) is 17.8. The SMILES string of the molecule is CC(C)c1c(C(=O)Nc2ccc(F)cc2F)c(-c2ccccc2)c(-c2ccc(F)cc2)n1CC[C@@H](O)C[C@@H](O)CC(=O)[O-].CC(C)c1c(C(=O)Nc2ccc(F)cc2F)c(-c2ccccc2)c(-c2ccc(F)cc2)n1CC[C@@H](O)C[C@@H](O)CC(=O)[O-].[Ca+2]. The zero-order valence-corrected chi connectivity index (χ0v) is 50.3. The molecule has 21 heteroatoms. The van der Waals surface area contributed by atoms with Crippen LogP contribution in [0.1, 0.15) is 110 Å². The van der Waals surface area contributed by atoms with Gasteiger partial charge < -0.3 is 60.0 Å². The number of aliphatic hydroxyl groups excluding tert-OH is 4. The van der Waals surface area contributed by atoms with Gasteiger partial charge in [-0.25, -0.2) is 26.3 Å². The van der Waals surface area contributed by atoms with Crippen LogP contribution in [0.5, 0.6) is 0 Å². The normalized spacial score (nSPS) is 12.6. The number of nitrogens with zero attached hydrogens (tertiary/aromatic N) is 2. The quantitative estimate of drug-likeness (QED) is 0.0248. The molecule has 8 aromatic rings. The van der Waals surface area contributed by atoms with Crippen LogP contribution in [0.2, 0.25) is 0 Å². The molecule has 4 atom stereocenters. The third-order valence-electron chi connectivity index (χ3n) is 14.1. The molecule has 6 N–H and O–H groups in total. The number of amides is 2. The summed E-state index contributed by atoms with van der Waals surface area (Å²) in [6, 6.07) is 35.1. The molecule has 0 unspecified atom stereocenters. The van der Waals surface area contributed by atoms with Crippen molar-refractivity contribution in [2.45, 2.75) is 116 Å². The summed E-state index contributed by atoms with van der Waals surface area (Å²) >= 11 is 0. The number of aliphatic carboxylic acids is 2. The maximum Gasteiger partial charge on any atom is 2.00 e. The summed E-state index contributed by atoms with van der Waals surface area (Å²) in [5, 5.41) is 68.2. The predicted octanol–water partition coefficient (Wildman–Crippen LogP) is 10.1. The van der Waals surface area contributed by atoms with Crippen molar-refractivity contribution in [2.75, 3.05) is 10.6 Å². The Morgan fingerprint density at radius 3 is 1.07 bits per heavy atom. The second-order valence-electron chi connectivity index (χ2n) is 21.3. The number of carboxylic acid groups (broad SMARTS) is 2. The number of benzene rings is 6. The number of anilines is 2. The predicted molar refractivity (Wildman–Crippen MR) is 315 cm³/mol. The van der Waals surface area contributed by atoms with E-state index in [0.717, 1.165) is 24.3 Å². The van der Waals surface area contributed by atoms with Gasteiger partial charge in [-0.15, -0.1) is 0 Å². The van der Waals surface area contributed by atoms with Crippen LogP contribution in [-0.4, -0.2) is 115 Å². The fourth-order valence-corrected chi connectivity index (χ4v) is 10.5. The Bertz CT molecular complexity index is 3420. The molecule has 8 rings (SSSR count). The molecule has 0 saturated heterocycles. The molecule has 0 aliphatic carbocycles. The number of nitrogens with one attached hydrogen (secondary N) is 2. The Morgan fingerprint density at radius 2 is 0.770 bits per heavy atom. The number of halogens is 6. The number of rotatable bonds is 24. The summed E-state index contributed by atoms with van der Waals surface area (Å²) in [6.07, 6.45) is -6.31. The molecule has 14 nitrogen and oxygen atoms in total. The van der Waals surface area contributed by atoms with Gasteiger partial charge in [-0.1, -0.05) is 88.4 Å². The van der Waals surface area contributed by atoms with Crippen LogP contribution in [-0.2, 0) is 22.7 Å². The van der Waals surface area contributed by atoms with Crippen molar-refractivity contribution in [3.05, 3.63) is 203 Å². The molecule has 0 spiro atoms. The molecule has 452 valence electrons. The maximum atomic E-state index is 14.6. The Morgan fingerprint density at radius 1 is 0.448 bits per heavy atom. The van der Waals surface area contributed by atoms with Crippen LogP contribution in [0.25, 0.3) is 44.8 Å². The molecule has 0 saturated carbocycles. The van der Waals surface area contributed by atoms with E-state index in [0.29, 0.717) is 68.3 Å². The molecule has 6 aromatic carbocycles. The van der Waals surface area contributed by atoms with Crippen LogP contribution in [0.4, 0.5) is 37.7 Å². The van der Waals surface area contributed by atoms with E-state index >= 15 is 0 Å². The minimum absolute atomic E-state index is 0. The van der Waals surface area contributed by atoms with Gasteiger partial charge in [0, 0.05) is 72.5 Å². The minimum atomic E-state index is -1.44. The van der Waals surface area contributed by atoms with Crippen LogP contribution < -0.4 is 20.8 Å². The van der Waals surface area contributed by atoms with E-state index in [1.54, 1.807) is 72.8 Å². The zero-order valence-electron chi connectivity index (χ0n) is 48.1. The first-order valence-electron chi connectivity index (χ1n) is 27.7. The van der Waals surface area contributed by atoms with Crippen molar-refractivity contribution >= 4 is 72.9 Å². The first-order valence-corrected chi connectivity index (χ1v) is 27.7. The van der Waals surface area contributed by atoms with E-state index in [9.17, 15) is 76.2 Å². The Balaban J connectivity index is 0.000000275. The van der Waals surface area contributed by atoms with Crippen LogP contribution in [0, 0.1) is 34.9 Å². The summed E-state index contributed by atoms with van der Waals surface area (Å²) in [4.78, 5) is 49.8. The van der Waals surface area contributed by atoms with Crippen molar-refractivity contribution in [1.82, 2.24) is 9.13 Å². The number of carboxylic acids is 2. The van der Waals surface area contributed by atoms with Crippen molar-refractivity contribution in [3.8, 4) is 44.8 Å². The largest absolute Gasteiger partial charge is 2.00 e. The number of hydrogen-bond donors (Lipinski definition) is 6. The molecule has 0 fully saturated rings. The van der Waals surface area contributed by atoms with Gasteiger partial charge in [-0.3, -0.25) is 9.59 Å². The molecule has 87 heavy (non-hydrogen) atoms. The van der Waals surface area contributed by atoms with Gasteiger partial charge in [0.2, 0.25) is 0 Å². The van der Waals surface area contributed by atoms with E-state index in [4.69, 9.17) is 0 Å². The molecule has 2 amide bonds. The average molecular weight is 1230 g/mol. The third-order valence-corrected chi connectivity index (χ3v) is 14.1. The second-order valence-corrected chi connectivity index (χ2v) is 21.3. The van der Waals surface area contributed by atoms with Gasteiger partial charge in [0.05, 0.1) is 58.3 Å². The molecular formula is C66H64CaF6N4O10. The molecule has 0 aliphatic heterocycles. The average Bonchev–Trinajstić information content (AvgIpc) is 1.63. The summed E-state index contributed by atoms with van der Waals surface area (Å²) in [5.41, 5.74) is 5.60. The Hall–Kier alpha value is -7.56. The van der Waals surface area contributed by atoms with E-state index in [2.05, 4.69) is 10.6 Å². The fraction of sp³-hybridized carbons (Fsp3) is 0.273. The summed E-state index contributed by atoms with van der Waals surface area (Å²) in [6.45, 7) is 7.73. The Kier molecular flexibility index (Phi) is 24.7. The second kappa shape index (κ2) is 31.4. The Labute approximate surface area is 528 Å². The minimum Gasteiger partial charge on any atom is -0.550 e. The molecule has 0 radical (unpaired) electrons. The van der Waals surface area contributed by atoms with E-state index in [1.165, 1.54) is 24.3 Å². The number of carbonyl (C=O) groups excluding carboxylic acids is 4. The number of carbonyl (C=O) groups is 4. The summed E-state index contributed by atoms with van der Waals surface area (Å²) in [7, 11) is 0. The monoisotopic (exact) mass is 1230 g/mol. The smallest absolute Gasteiger partial charge is 0.550 e. The molecule has 0 aliphatic rings. The zero-order chi connectivity index (χ0) is 62.5. The molecule has 2 heterocycles. The van der Waals surface area contributed by atoms with Crippen molar-refractivity contribution in [1.29, 1.82) is 0 Å². The summed E-state index contributed by atoms with van der Waals surface area (Å²) < 4.78 is 88.0. The fourth-order valence-electron chi connectivity index (χ4n) is 10.5. The summed E-state index contributed by atoms with van der Waals surface area (Å²) in [5.74, 6) is -9.16. The number of hydrogen-bond acceptors (Lipinski definition) is 10. The number of aromatic nitrogens is 2. The topological polar surface area (TPSA) is 229 Å². The van der Waals surface area contributed by atoms with Crippen molar-refractivity contribution in [2.24, 2.45) is 0 Å². The van der Waals surface area contributed by atoms with Gasteiger partial charge in [0.25, 0.3) is 11.8 Å². The molecule has 2 aromatic heterocycles. The maximum absolute atomic E-state index is 14.6. The standard InChI is InChI=1S/2C33H33F3N2O5.Ca/c2*1-19(2)31-30(33(43)37-27-13-12-23(35)16-26(27)36)29(20-6-4-3-5-7-20)32(21-8-10-22(34)11-9-21)38(31)15-14-24(39)17-25(40)18-28(41)42;/h2*3-13,16,19,24-25,39-40H,14-15,17-18H2,1-2H3,(H,37,43)(H,41,42);/q;;+2/p-2/t2*24-,25-;/m11./s1. The first kappa shape index (κ1) is 68.6. The van der Waals surface area contributed by atoms with Crippen molar-refractivity contribution < 1.29 is 76.2 Å². The molecule has 0 bridgehead atoms. The molecular weight excluding hydrogens is 1160 g/mol. The van der Waals surface area contributed by atoms with E-state index in [1.807, 2.05) is 49.0 Å². The van der Waals surface area contributed by atoms with Crippen LogP contribution in [0.3, 0.4) is 0 Å². The van der Waals surface area contributed by atoms with E-state index < -0.39 is 95.9 Å². The van der Waals surface area contributed by atoms with Gasteiger partial charge in [-0.05, 0) is 133 Å². The van der Waals surface area contributed by atoms with Gasteiger partial charge >= 0.3 is 37.7 Å².